The molecular weight excluding hydrogens is 330 g/mol. The second-order valence-corrected chi connectivity index (χ2v) is 6.28. The first kappa shape index (κ1) is 18.5. The van der Waals surface area contributed by atoms with Gasteiger partial charge in [-0.25, -0.2) is 0 Å². The molecular formula is C17H24ClN3O3. The Hall–Kier alpha value is -1.79. The molecule has 2 fully saturated rings. The third-order valence-electron chi connectivity index (χ3n) is 4.20. The van der Waals surface area contributed by atoms with Crippen molar-refractivity contribution in [1.82, 2.24) is 16.0 Å². The average Bonchev–Trinajstić information content (AvgIpc) is 3.27. The smallest absolute Gasteiger partial charge is 0.258 e. The SMILES string of the molecule is CC(NC(=O)C1CNC1)c1ccc(OCC(=O)NC2CC2)cc1.Cl. The summed E-state index contributed by atoms with van der Waals surface area (Å²) in [5.74, 6) is 0.756. The summed E-state index contributed by atoms with van der Waals surface area (Å²) >= 11 is 0. The number of carbonyl (C=O) groups excluding carboxylic acids is 2. The Morgan fingerprint density at radius 3 is 2.46 bits per heavy atom. The Balaban J connectivity index is 0.00000208. The number of amides is 2. The Morgan fingerprint density at radius 2 is 1.92 bits per heavy atom. The van der Waals surface area contributed by atoms with Crippen LogP contribution in [-0.2, 0) is 9.59 Å². The summed E-state index contributed by atoms with van der Waals surface area (Å²) in [6, 6.07) is 7.79. The molecule has 1 saturated carbocycles. The van der Waals surface area contributed by atoms with E-state index in [1.54, 1.807) is 0 Å². The second kappa shape index (κ2) is 8.35. The lowest BCUT2D eigenvalue weighted by Gasteiger charge is -2.27. The van der Waals surface area contributed by atoms with Gasteiger partial charge in [-0.2, -0.15) is 0 Å². The highest BCUT2D eigenvalue weighted by Crippen LogP contribution is 2.20. The monoisotopic (exact) mass is 353 g/mol. The highest BCUT2D eigenvalue weighted by Gasteiger charge is 2.26. The van der Waals surface area contributed by atoms with Crippen LogP contribution in [0.25, 0.3) is 0 Å². The molecule has 24 heavy (non-hydrogen) atoms. The minimum atomic E-state index is -0.0775. The van der Waals surface area contributed by atoms with Crippen molar-refractivity contribution in [2.24, 2.45) is 5.92 Å². The Morgan fingerprint density at radius 1 is 1.25 bits per heavy atom. The molecule has 1 aliphatic carbocycles. The van der Waals surface area contributed by atoms with E-state index < -0.39 is 0 Å². The largest absolute Gasteiger partial charge is 0.484 e. The van der Waals surface area contributed by atoms with Crippen LogP contribution < -0.4 is 20.7 Å². The van der Waals surface area contributed by atoms with Crippen molar-refractivity contribution < 1.29 is 14.3 Å². The van der Waals surface area contributed by atoms with Gasteiger partial charge in [0.05, 0.1) is 12.0 Å². The highest BCUT2D eigenvalue weighted by atomic mass is 35.5. The molecule has 2 aliphatic rings. The molecule has 0 radical (unpaired) electrons. The lowest BCUT2D eigenvalue weighted by atomic mass is 10.0. The van der Waals surface area contributed by atoms with Crippen molar-refractivity contribution in [3.8, 4) is 5.75 Å². The van der Waals surface area contributed by atoms with Crippen LogP contribution in [0.2, 0.25) is 0 Å². The minimum absolute atomic E-state index is 0. The molecule has 1 saturated heterocycles. The van der Waals surface area contributed by atoms with Gasteiger partial charge in [-0.3, -0.25) is 9.59 Å². The zero-order valence-electron chi connectivity index (χ0n) is 13.7. The molecule has 1 aliphatic heterocycles. The summed E-state index contributed by atoms with van der Waals surface area (Å²) in [5, 5.41) is 8.98. The topological polar surface area (TPSA) is 79.5 Å². The molecule has 7 heteroatoms. The lowest BCUT2D eigenvalue weighted by Crippen LogP contribution is -2.51. The van der Waals surface area contributed by atoms with Gasteiger partial charge in [-0.1, -0.05) is 12.1 Å². The summed E-state index contributed by atoms with van der Waals surface area (Å²) in [6.45, 7) is 3.52. The molecule has 0 aromatic heterocycles. The fourth-order valence-electron chi connectivity index (χ4n) is 2.39. The normalized spacial score (nSPS) is 17.9. The summed E-state index contributed by atoms with van der Waals surface area (Å²) in [6.07, 6.45) is 2.14. The minimum Gasteiger partial charge on any atom is -0.484 e. The van der Waals surface area contributed by atoms with Crippen LogP contribution in [0, 0.1) is 5.92 Å². The maximum absolute atomic E-state index is 11.9. The summed E-state index contributed by atoms with van der Waals surface area (Å²) in [5.41, 5.74) is 1.01. The second-order valence-electron chi connectivity index (χ2n) is 6.28. The van der Waals surface area contributed by atoms with Gasteiger partial charge in [0.25, 0.3) is 5.91 Å². The number of hydrogen-bond acceptors (Lipinski definition) is 4. The fraction of sp³-hybridized carbons (Fsp3) is 0.529. The zero-order chi connectivity index (χ0) is 16.2. The Labute approximate surface area is 148 Å². The van der Waals surface area contributed by atoms with Crippen LogP contribution in [-0.4, -0.2) is 37.6 Å². The number of halogens is 1. The molecule has 3 rings (SSSR count). The first-order valence-corrected chi connectivity index (χ1v) is 8.15. The van der Waals surface area contributed by atoms with Crippen molar-refractivity contribution in [2.75, 3.05) is 19.7 Å². The molecule has 3 N–H and O–H groups in total. The van der Waals surface area contributed by atoms with Crippen molar-refractivity contribution in [3.63, 3.8) is 0 Å². The van der Waals surface area contributed by atoms with Gasteiger partial charge >= 0.3 is 0 Å². The van der Waals surface area contributed by atoms with Crippen LogP contribution in [0.15, 0.2) is 24.3 Å². The molecule has 0 spiro atoms. The molecule has 0 bridgehead atoms. The van der Waals surface area contributed by atoms with E-state index in [4.69, 9.17) is 4.74 Å². The number of hydrogen-bond donors (Lipinski definition) is 3. The van der Waals surface area contributed by atoms with Crippen molar-refractivity contribution in [3.05, 3.63) is 29.8 Å². The third-order valence-corrected chi connectivity index (χ3v) is 4.20. The maximum atomic E-state index is 11.9. The van der Waals surface area contributed by atoms with E-state index in [1.807, 2.05) is 31.2 Å². The average molecular weight is 354 g/mol. The van der Waals surface area contributed by atoms with E-state index in [-0.39, 0.29) is 42.8 Å². The fourth-order valence-corrected chi connectivity index (χ4v) is 2.39. The predicted molar refractivity (Wildman–Crippen MR) is 93.3 cm³/mol. The van der Waals surface area contributed by atoms with Gasteiger partial charge in [-0.15, -0.1) is 12.4 Å². The van der Waals surface area contributed by atoms with Crippen LogP contribution in [0.3, 0.4) is 0 Å². The maximum Gasteiger partial charge on any atom is 0.258 e. The third kappa shape index (κ3) is 5.11. The summed E-state index contributed by atoms with van der Waals surface area (Å²) in [7, 11) is 0. The number of nitrogens with one attached hydrogen (secondary N) is 3. The molecule has 1 aromatic rings. The van der Waals surface area contributed by atoms with Gasteiger partial charge < -0.3 is 20.7 Å². The Kier molecular flexibility index (Phi) is 6.45. The van der Waals surface area contributed by atoms with E-state index in [2.05, 4.69) is 16.0 Å². The highest BCUT2D eigenvalue weighted by molar-refractivity contribution is 5.85. The number of benzene rings is 1. The molecule has 6 nitrogen and oxygen atoms in total. The van der Waals surface area contributed by atoms with E-state index in [0.717, 1.165) is 31.5 Å². The quantitative estimate of drug-likeness (QED) is 0.687. The van der Waals surface area contributed by atoms with Crippen LogP contribution in [0.4, 0.5) is 0 Å². The van der Waals surface area contributed by atoms with Gasteiger partial charge in [0, 0.05) is 19.1 Å². The number of ether oxygens (including phenoxy) is 1. The molecule has 1 aromatic carbocycles. The van der Waals surface area contributed by atoms with E-state index in [1.165, 1.54) is 0 Å². The zero-order valence-corrected chi connectivity index (χ0v) is 14.5. The first-order chi connectivity index (χ1) is 11.1. The summed E-state index contributed by atoms with van der Waals surface area (Å²) in [4.78, 5) is 23.5. The van der Waals surface area contributed by atoms with Crippen molar-refractivity contribution in [1.29, 1.82) is 0 Å². The molecule has 1 heterocycles. The number of rotatable bonds is 7. The van der Waals surface area contributed by atoms with Gasteiger partial charge in [-0.05, 0) is 37.5 Å². The standard InChI is InChI=1S/C17H23N3O3.ClH/c1-11(19-17(22)13-8-18-9-13)12-2-6-15(7-3-12)23-10-16(21)20-14-4-5-14;/h2-3,6-7,11,13-14,18H,4-5,8-10H2,1H3,(H,19,22)(H,20,21);1H. The van der Waals surface area contributed by atoms with E-state index in [9.17, 15) is 9.59 Å². The van der Waals surface area contributed by atoms with Crippen molar-refractivity contribution in [2.45, 2.75) is 31.8 Å². The van der Waals surface area contributed by atoms with Crippen molar-refractivity contribution >= 4 is 24.2 Å². The first-order valence-electron chi connectivity index (χ1n) is 8.15. The Bertz CT molecular complexity index is 571. The van der Waals surface area contributed by atoms with E-state index in [0.29, 0.717) is 11.8 Å². The van der Waals surface area contributed by atoms with Crippen LogP contribution in [0.5, 0.6) is 5.75 Å². The molecule has 1 unspecified atom stereocenters. The molecule has 2 amide bonds. The lowest BCUT2D eigenvalue weighted by molar-refractivity contribution is -0.127. The van der Waals surface area contributed by atoms with Gasteiger partial charge in [0.2, 0.25) is 5.91 Å². The van der Waals surface area contributed by atoms with Gasteiger partial charge in [0.1, 0.15) is 5.75 Å². The molecule has 1 atom stereocenters. The van der Waals surface area contributed by atoms with Crippen LogP contribution >= 0.6 is 12.4 Å². The number of carbonyl (C=O) groups is 2. The van der Waals surface area contributed by atoms with E-state index >= 15 is 0 Å². The summed E-state index contributed by atoms with van der Waals surface area (Å²) < 4.78 is 5.47. The van der Waals surface area contributed by atoms with Crippen LogP contribution in [0.1, 0.15) is 31.4 Å². The van der Waals surface area contributed by atoms with Gasteiger partial charge in [0.15, 0.2) is 6.61 Å². The predicted octanol–water partition coefficient (Wildman–Crippen LogP) is 1.16. The molecule has 132 valence electrons.